The number of benzene rings is 2. The number of esters is 2. The van der Waals surface area contributed by atoms with Crippen LogP contribution in [0.4, 0.5) is 0 Å². The van der Waals surface area contributed by atoms with Crippen LogP contribution in [-0.4, -0.2) is 24.6 Å². The Kier molecular flexibility index (Phi) is 6.42. The predicted octanol–water partition coefficient (Wildman–Crippen LogP) is 4.20. The third-order valence-corrected chi connectivity index (χ3v) is 3.38. The predicted molar refractivity (Wildman–Crippen MR) is 94.3 cm³/mol. The summed E-state index contributed by atoms with van der Waals surface area (Å²) in [6, 6.07) is 11.3. The standard InChI is InChI=1S/C19H19ClO5/c1-12(2)24-19(22)14-4-7-16(8-5-14)25-18(21)11-23-17-9-6-15(20)10-13(17)3/h4-10,12H,11H2,1-3H3. The second-order valence-corrected chi connectivity index (χ2v) is 6.09. The molecule has 132 valence electrons. The summed E-state index contributed by atoms with van der Waals surface area (Å²) in [5.74, 6) is -0.0862. The summed E-state index contributed by atoms with van der Waals surface area (Å²) in [7, 11) is 0. The van der Waals surface area contributed by atoms with Gasteiger partial charge >= 0.3 is 11.9 Å². The molecule has 0 unspecified atom stereocenters. The number of hydrogen-bond donors (Lipinski definition) is 0. The van der Waals surface area contributed by atoms with Gasteiger partial charge in [-0.3, -0.25) is 0 Å². The lowest BCUT2D eigenvalue weighted by Crippen LogP contribution is -2.18. The van der Waals surface area contributed by atoms with Crippen molar-refractivity contribution in [3.63, 3.8) is 0 Å². The van der Waals surface area contributed by atoms with Gasteiger partial charge in [-0.15, -0.1) is 0 Å². The van der Waals surface area contributed by atoms with Crippen LogP contribution in [0.1, 0.15) is 29.8 Å². The van der Waals surface area contributed by atoms with Crippen molar-refractivity contribution in [1.29, 1.82) is 0 Å². The maximum absolute atomic E-state index is 11.9. The molecule has 6 heteroatoms. The molecule has 25 heavy (non-hydrogen) atoms. The Morgan fingerprint density at radius 3 is 2.36 bits per heavy atom. The van der Waals surface area contributed by atoms with Gasteiger partial charge in [-0.2, -0.15) is 0 Å². The fourth-order valence-electron chi connectivity index (χ4n) is 2.01. The Morgan fingerprint density at radius 1 is 1.08 bits per heavy atom. The van der Waals surface area contributed by atoms with E-state index in [2.05, 4.69) is 0 Å². The Balaban J connectivity index is 1.89. The Bertz CT molecular complexity index is 753. The zero-order chi connectivity index (χ0) is 18.4. The summed E-state index contributed by atoms with van der Waals surface area (Å²) in [6.45, 7) is 5.15. The summed E-state index contributed by atoms with van der Waals surface area (Å²) in [4.78, 5) is 23.6. The average molecular weight is 363 g/mol. The molecule has 0 saturated carbocycles. The van der Waals surface area contributed by atoms with E-state index in [4.69, 9.17) is 25.8 Å². The van der Waals surface area contributed by atoms with E-state index in [0.717, 1.165) is 5.56 Å². The third kappa shape index (κ3) is 5.80. The minimum atomic E-state index is -0.549. The highest BCUT2D eigenvalue weighted by Crippen LogP contribution is 2.22. The second-order valence-electron chi connectivity index (χ2n) is 5.65. The van der Waals surface area contributed by atoms with Crippen molar-refractivity contribution < 1.29 is 23.8 Å². The number of rotatable bonds is 6. The van der Waals surface area contributed by atoms with Crippen molar-refractivity contribution in [3.05, 3.63) is 58.6 Å². The van der Waals surface area contributed by atoms with Gasteiger partial charge in [0.2, 0.25) is 0 Å². The van der Waals surface area contributed by atoms with Crippen LogP contribution < -0.4 is 9.47 Å². The van der Waals surface area contributed by atoms with Crippen LogP contribution in [0.2, 0.25) is 5.02 Å². The summed E-state index contributed by atoms with van der Waals surface area (Å²) in [5, 5.41) is 0.600. The summed E-state index contributed by atoms with van der Waals surface area (Å²) >= 11 is 5.87. The number of ether oxygens (including phenoxy) is 3. The molecule has 0 aliphatic rings. The van der Waals surface area contributed by atoms with Crippen molar-refractivity contribution in [2.75, 3.05) is 6.61 Å². The minimum absolute atomic E-state index is 0.196. The van der Waals surface area contributed by atoms with E-state index >= 15 is 0 Å². The van der Waals surface area contributed by atoms with E-state index < -0.39 is 11.9 Å². The molecule has 0 aliphatic heterocycles. The molecule has 5 nitrogen and oxygen atoms in total. The maximum Gasteiger partial charge on any atom is 0.349 e. The molecule has 0 atom stereocenters. The van der Waals surface area contributed by atoms with Crippen LogP contribution >= 0.6 is 11.6 Å². The van der Waals surface area contributed by atoms with E-state index in [1.165, 1.54) is 24.3 Å². The van der Waals surface area contributed by atoms with Crippen LogP contribution in [0.25, 0.3) is 0 Å². The largest absolute Gasteiger partial charge is 0.482 e. The van der Waals surface area contributed by atoms with Crippen LogP contribution in [0.3, 0.4) is 0 Å². The van der Waals surface area contributed by atoms with Gasteiger partial charge in [0.1, 0.15) is 11.5 Å². The molecule has 2 aromatic rings. The fraction of sp³-hybridized carbons (Fsp3) is 0.263. The van der Waals surface area contributed by atoms with Gasteiger partial charge in [-0.05, 0) is 68.8 Å². The van der Waals surface area contributed by atoms with Crippen molar-refractivity contribution in [1.82, 2.24) is 0 Å². The minimum Gasteiger partial charge on any atom is -0.482 e. The van der Waals surface area contributed by atoms with Gasteiger partial charge in [0, 0.05) is 5.02 Å². The molecule has 2 aromatic carbocycles. The fourth-order valence-corrected chi connectivity index (χ4v) is 2.24. The Hall–Kier alpha value is -2.53. The van der Waals surface area contributed by atoms with Crippen LogP contribution in [-0.2, 0) is 9.53 Å². The molecule has 0 aromatic heterocycles. The monoisotopic (exact) mass is 362 g/mol. The number of carbonyl (C=O) groups excluding carboxylic acids is 2. The van der Waals surface area contributed by atoms with Crippen molar-refractivity contribution in [2.24, 2.45) is 0 Å². The number of hydrogen-bond acceptors (Lipinski definition) is 5. The van der Waals surface area contributed by atoms with Gasteiger partial charge in [0.15, 0.2) is 6.61 Å². The first-order valence-corrected chi connectivity index (χ1v) is 8.13. The van der Waals surface area contributed by atoms with Gasteiger partial charge < -0.3 is 14.2 Å². The quantitative estimate of drug-likeness (QED) is 0.569. The topological polar surface area (TPSA) is 61.8 Å². The molecule has 0 saturated heterocycles. The Labute approximate surface area is 151 Å². The first-order valence-electron chi connectivity index (χ1n) is 7.76. The summed E-state index contributed by atoms with van der Waals surface area (Å²) in [6.07, 6.45) is -0.196. The van der Waals surface area contributed by atoms with E-state index in [-0.39, 0.29) is 12.7 Å². The Morgan fingerprint density at radius 2 is 1.76 bits per heavy atom. The lowest BCUT2D eigenvalue weighted by Gasteiger charge is -2.10. The SMILES string of the molecule is Cc1cc(Cl)ccc1OCC(=O)Oc1ccc(C(=O)OC(C)C)cc1. The van der Waals surface area contributed by atoms with Crippen LogP contribution in [0.5, 0.6) is 11.5 Å². The summed E-state index contributed by atoms with van der Waals surface area (Å²) < 4.78 is 15.7. The highest BCUT2D eigenvalue weighted by Gasteiger charge is 2.11. The zero-order valence-electron chi connectivity index (χ0n) is 14.2. The lowest BCUT2D eigenvalue weighted by molar-refractivity contribution is -0.136. The van der Waals surface area contributed by atoms with E-state index in [1.807, 2.05) is 6.92 Å². The second kappa shape index (κ2) is 8.53. The smallest absolute Gasteiger partial charge is 0.349 e. The molecular formula is C19H19ClO5. The van der Waals surface area contributed by atoms with Gasteiger partial charge in [-0.25, -0.2) is 9.59 Å². The molecule has 0 aliphatic carbocycles. The summed E-state index contributed by atoms with van der Waals surface area (Å²) in [5.41, 5.74) is 1.22. The molecule has 2 rings (SSSR count). The van der Waals surface area contributed by atoms with E-state index in [0.29, 0.717) is 22.1 Å². The molecule has 0 bridgehead atoms. The normalized spacial score (nSPS) is 10.4. The van der Waals surface area contributed by atoms with Crippen LogP contribution in [0, 0.1) is 6.92 Å². The van der Waals surface area contributed by atoms with Crippen molar-refractivity contribution in [2.45, 2.75) is 26.9 Å². The third-order valence-electron chi connectivity index (χ3n) is 3.15. The van der Waals surface area contributed by atoms with Gasteiger partial charge in [0.05, 0.1) is 11.7 Å². The molecule has 0 spiro atoms. The van der Waals surface area contributed by atoms with Crippen LogP contribution in [0.15, 0.2) is 42.5 Å². The number of carbonyl (C=O) groups is 2. The highest BCUT2D eigenvalue weighted by atomic mass is 35.5. The molecular weight excluding hydrogens is 344 g/mol. The lowest BCUT2D eigenvalue weighted by atomic mass is 10.2. The van der Waals surface area contributed by atoms with E-state index in [9.17, 15) is 9.59 Å². The molecule has 0 heterocycles. The highest BCUT2D eigenvalue weighted by molar-refractivity contribution is 6.30. The van der Waals surface area contributed by atoms with Gasteiger partial charge in [-0.1, -0.05) is 11.6 Å². The average Bonchev–Trinajstić information content (AvgIpc) is 2.54. The van der Waals surface area contributed by atoms with E-state index in [1.54, 1.807) is 32.0 Å². The zero-order valence-corrected chi connectivity index (χ0v) is 15.0. The maximum atomic E-state index is 11.9. The molecule has 0 amide bonds. The first kappa shape index (κ1) is 18.8. The number of aryl methyl sites for hydroxylation is 1. The molecule has 0 radical (unpaired) electrons. The van der Waals surface area contributed by atoms with Crippen molar-refractivity contribution >= 4 is 23.5 Å². The number of halogens is 1. The molecule has 0 N–H and O–H groups in total. The van der Waals surface area contributed by atoms with Crippen molar-refractivity contribution in [3.8, 4) is 11.5 Å². The molecule has 0 fully saturated rings. The first-order chi connectivity index (χ1) is 11.8. The van der Waals surface area contributed by atoms with Gasteiger partial charge in [0.25, 0.3) is 0 Å².